The van der Waals surface area contributed by atoms with Gasteiger partial charge in [0.25, 0.3) is 0 Å². The van der Waals surface area contributed by atoms with Crippen molar-refractivity contribution in [1.82, 2.24) is 10.2 Å². The number of likely N-dealkylation sites (tertiary alicyclic amines) is 1. The van der Waals surface area contributed by atoms with Gasteiger partial charge in [0.2, 0.25) is 5.91 Å². The first-order valence-electron chi connectivity index (χ1n) is 10.9. The van der Waals surface area contributed by atoms with Gasteiger partial charge in [-0.2, -0.15) is 0 Å². The average molecular weight is 421 g/mol. The van der Waals surface area contributed by atoms with Crippen molar-refractivity contribution in [3.63, 3.8) is 0 Å². The highest BCUT2D eigenvalue weighted by molar-refractivity contribution is 5.88. The van der Waals surface area contributed by atoms with E-state index < -0.39 is 0 Å². The molecule has 1 aromatic heterocycles. The van der Waals surface area contributed by atoms with Crippen LogP contribution in [0.15, 0.2) is 53.1 Å². The second-order valence-corrected chi connectivity index (χ2v) is 8.75. The lowest BCUT2D eigenvalue weighted by Gasteiger charge is -2.46. The van der Waals surface area contributed by atoms with E-state index in [2.05, 4.69) is 23.3 Å². The van der Waals surface area contributed by atoms with Crippen LogP contribution in [0, 0.1) is 0 Å². The number of nitrogens with one attached hydrogen (secondary N) is 1. The van der Waals surface area contributed by atoms with E-state index in [-0.39, 0.29) is 24.0 Å². The molecule has 3 aromatic rings. The normalized spacial score (nSPS) is 20.3. The number of fused-ring (bicyclic) bond motifs is 2. The fourth-order valence-electron chi connectivity index (χ4n) is 4.82. The van der Waals surface area contributed by atoms with E-state index in [1.807, 2.05) is 36.4 Å². The molecule has 0 aliphatic carbocycles. The first-order valence-corrected chi connectivity index (χ1v) is 10.9. The lowest BCUT2D eigenvalue weighted by atomic mass is 9.80. The largest absolute Gasteiger partial charge is 0.497 e. The Morgan fingerprint density at radius 3 is 2.84 bits per heavy atom. The number of carbonyl (C=O) groups excluding carboxylic acids is 1. The van der Waals surface area contributed by atoms with Crippen molar-refractivity contribution >= 4 is 16.9 Å². The maximum atomic E-state index is 13.1. The number of piperidine rings is 1. The fraction of sp³-hybridized carbons (Fsp3) is 0.400. The Kier molecular flexibility index (Phi) is 5.10. The summed E-state index contributed by atoms with van der Waals surface area (Å²) in [5.41, 5.74) is 2.45. The predicted octanol–water partition coefficient (Wildman–Crippen LogP) is 4.09. The number of methoxy groups -OCH3 is 1. The first-order chi connectivity index (χ1) is 15.0. The van der Waals surface area contributed by atoms with Crippen molar-refractivity contribution in [2.75, 3.05) is 27.2 Å². The minimum atomic E-state index is -0.211. The summed E-state index contributed by atoms with van der Waals surface area (Å²) in [5, 5.41) is 4.22. The van der Waals surface area contributed by atoms with Gasteiger partial charge in [-0.05, 0) is 38.1 Å². The highest BCUT2D eigenvalue weighted by atomic mass is 16.5. The van der Waals surface area contributed by atoms with Crippen LogP contribution in [-0.4, -0.2) is 43.7 Å². The van der Waals surface area contributed by atoms with Crippen LogP contribution >= 0.6 is 0 Å². The van der Waals surface area contributed by atoms with Crippen LogP contribution in [-0.2, 0) is 11.2 Å². The Morgan fingerprint density at radius 1 is 1.23 bits per heavy atom. The Hall–Kier alpha value is -2.99. The van der Waals surface area contributed by atoms with Crippen molar-refractivity contribution in [3.05, 3.63) is 59.9 Å². The van der Waals surface area contributed by atoms with Crippen LogP contribution in [0.2, 0.25) is 0 Å². The van der Waals surface area contributed by atoms with Crippen molar-refractivity contribution < 1.29 is 18.7 Å². The molecule has 3 heterocycles. The lowest BCUT2D eigenvalue weighted by Crippen LogP contribution is -2.51. The molecule has 2 aliphatic heterocycles. The highest BCUT2D eigenvalue weighted by Gasteiger charge is 2.43. The molecule has 0 bridgehead atoms. The molecule has 5 rings (SSSR count). The van der Waals surface area contributed by atoms with Gasteiger partial charge < -0.3 is 24.1 Å². The number of hydrogen-bond acceptors (Lipinski definition) is 5. The summed E-state index contributed by atoms with van der Waals surface area (Å²) in [6.07, 6.45) is 4.68. The van der Waals surface area contributed by atoms with E-state index in [9.17, 15) is 4.79 Å². The molecule has 0 radical (unpaired) electrons. The van der Waals surface area contributed by atoms with Gasteiger partial charge >= 0.3 is 0 Å². The standard InChI is InChI=1S/C25H28N2O4/c1-27-11-9-25(10-12-27)15-21(20-5-3-4-6-22(20)31-25)26-24(28)13-17-16-30-23-14-18(29-2)7-8-19(17)23/h3-8,14,16,21H,9-13,15H2,1-2H3,(H,26,28). The van der Waals surface area contributed by atoms with Crippen LogP contribution in [0.3, 0.4) is 0 Å². The van der Waals surface area contributed by atoms with Crippen molar-refractivity contribution in [2.24, 2.45) is 0 Å². The van der Waals surface area contributed by atoms with Gasteiger partial charge in [-0.1, -0.05) is 18.2 Å². The molecule has 162 valence electrons. The van der Waals surface area contributed by atoms with Gasteiger partial charge in [0.15, 0.2) is 0 Å². The van der Waals surface area contributed by atoms with E-state index in [0.717, 1.165) is 65.9 Å². The van der Waals surface area contributed by atoms with E-state index in [1.165, 1.54) is 0 Å². The molecular weight excluding hydrogens is 392 g/mol. The summed E-state index contributed by atoms with van der Waals surface area (Å²) in [6, 6.07) is 13.7. The topological polar surface area (TPSA) is 63.9 Å². The number of carbonyl (C=O) groups is 1. The van der Waals surface area contributed by atoms with Crippen LogP contribution in [0.5, 0.6) is 11.5 Å². The van der Waals surface area contributed by atoms with Crippen LogP contribution in [0.4, 0.5) is 0 Å². The molecule has 1 N–H and O–H groups in total. The smallest absolute Gasteiger partial charge is 0.225 e. The number of nitrogens with zero attached hydrogens (tertiary/aromatic N) is 1. The molecule has 31 heavy (non-hydrogen) atoms. The van der Waals surface area contributed by atoms with Crippen LogP contribution < -0.4 is 14.8 Å². The molecule has 1 amide bonds. The van der Waals surface area contributed by atoms with Crippen molar-refractivity contribution in [2.45, 2.75) is 37.3 Å². The molecular formula is C25H28N2O4. The lowest BCUT2D eigenvalue weighted by molar-refractivity contribution is -0.122. The molecule has 1 spiro atoms. The number of hydrogen-bond donors (Lipinski definition) is 1. The second-order valence-electron chi connectivity index (χ2n) is 8.75. The third-order valence-corrected chi connectivity index (χ3v) is 6.64. The monoisotopic (exact) mass is 420 g/mol. The zero-order valence-electron chi connectivity index (χ0n) is 18.0. The molecule has 1 atom stereocenters. The average Bonchev–Trinajstić information content (AvgIpc) is 3.17. The number of ether oxygens (including phenoxy) is 2. The van der Waals surface area contributed by atoms with E-state index in [1.54, 1.807) is 13.4 Å². The number of rotatable bonds is 4. The fourth-order valence-corrected chi connectivity index (χ4v) is 4.82. The molecule has 2 aromatic carbocycles. The van der Waals surface area contributed by atoms with Gasteiger partial charge in [0.1, 0.15) is 22.7 Å². The minimum absolute atomic E-state index is 0.0108. The maximum Gasteiger partial charge on any atom is 0.225 e. The second kappa shape index (κ2) is 7.93. The Morgan fingerprint density at radius 2 is 2.03 bits per heavy atom. The summed E-state index contributed by atoms with van der Waals surface area (Å²) in [5.74, 6) is 1.62. The molecule has 0 saturated carbocycles. The van der Waals surface area contributed by atoms with Crippen LogP contribution in [0.25, 0.3) is 11.0 Å². The summed E-state index contributed by atoms with van der Waals surface area (Å²) in [6.45, 7) is 2.01. The van der Waals surface area contributed by atoms with Gasteiger partial charge in [-0.3, -0.25) is 4.79 Å². The summed E-state index contributed by atoms with van der Waals surface area (Å²) >= 11 is 0. The number of amides is 1. The molecule has 1 fully saturated rings. The van der Waals surface area contributed by atoms with Crippen LogP contribution in [0.1, 0.15) is 36.4 Å². The van der Waals surface area contributed by atoms with Gasteiger partial charge in [0.05, 0.1) is 25.8 Å². The third kappa shape index (κ3) is 3.88. The van der Waals surface area contributed by atoms with E-state index >= 15 is 0 Å². The quantitative estimate of drug-likeness (QED) is 0.689. The van der Waals surface area contributed by atoms with Gasteiger partial charge in [-0.25, -0.2) is 0 Å². The molecule has 1 unspecified atom stereocenters. The number of para-hydroxylation sites is 1. The summed E-state index contributed by atoms with van der Waals surface area (Å²) in [7, 11) is 3.77. The molecule has 2 aliphatic rings. The van der Waals surface area contributed by atoms with Gasteiger partial charge in [-0.15, -0.1) is 0 Å². The Labute approximate surface area is 182 Å². The minimum Gasteiger partial charge on any atom is -0.497 e. The van der Waals surface area contributed by atoms with E-state index in [4.69, 9.17) is 13.9 Å². The van der Waals surface area contributed by atoms with E-state index in [0.29, 0.717) is 0 Å². The molecule has 1 saturated heterocycles. The highest BCUT2D eigenvalue weighted by Crippen LogP contribution is 2.44. The summed E-state index contributed by atoms with van der Waals surface area (Å²) in [4.78, 5) is 15.4. The SMILES string of the molecule is COc1ccc2c(CC(=O)NC3CC4(CCN(C)CC4)Oc4ccccc43)coc2c1. The van der Waals surface area contributed by atoms with Gasteiger partial charge in [0, 0.05) is 42.1 Å². The summed E-state index contributed by atoms with van der Waals surface area (Å²) < 4.78 is 17.4. The predicted molar refractivity (Wildman–Crippen MR) is 119 cm³/mol. The van der Waals surface area contributed by atoms with Crippen molar-refractivity contribution in [3.8, 4) is 11.5 Å². The Bertz CT molecular complexity index is 1100. The zero-order valence-corrected chi connectivity index (χ0v) is 18.0. The maximum absolute atomic E-state index is 13.1. The Balaban J connectivity index is 1.35. The number of benzene rings is 2. The number of furan rings is 1. The first kappa shape index (κ1) is 19.9. The molecule has 6 nitrogen and oxygen atoms in total. The third-order valence-electron chi connectivity index (χ3n) is 6.64. The zero-order chi connectivity index (χ0) is 21.4. The molecule has 6 heteroatoms. The van der Waals surface area contributed by atoms with Crippen molar-refractivity contribution in [1.29, 1.82) is 0 Å².